The quantitative estimate of drug-likeness (QED) is 0.153. The van der Waals surface area contributed by atoms with Gasteiger partial charge in [0.25, 0.3) is 0 Å². The molecule has 0 fully saturated rings. The number of benzene rings is 8. The van der Waals surface area contributed by atoms with Crippen LogP contribution in [0.3, 0.4) is 0 Å². The topological polar surface area (TPSA) is 52.3 Å². The van der Waals surface area contributed by atoms with E-state index >= 15 is 0 Å². The van der Waals surface area contributed by atoms with Gasteiger partial charge in [-0.1, -0.05) is 182 Å². The number of nitrogens with zero attached hydrogens (tertiary/aromatic N) is 4. The van der Waals surface area contributed by atoms with Crippen LogP contribution in [0.15, 0.2) is 206 Å². The molecule has 1 aliphatic rings. The van der Waals surface area contributed by atoms with Crippen LogP contribution in [0.5, 0.6) is 11.5 Å². The second kappa shape index (κ2) is 14.6. The van der Waals surface area contributed by atoms with Gasteiger partial charge in [0, 0.05) is 27.8 Å². The molecule has 272 valence electrons. The lowest BCUT2D eigenvalue weighted by Crippen LogP contribution is -2.34. The maximum absolute atomic E-state index is 7.38. The summed E-state index contributed by atoms with van der Waals surface area (Å²) in [6.45, 7) is 7.38. The van der Waals surface area contributed by atoms with E-state index in [9.17, 15) is 0 Å². The van der Waals surface area contributed by atoms with Gasteiger partial charge in [-0.15, -0.1) is 0 Å². The average Bonchev–Trinajstić information content (AvgIpc) is 3.31. The zero-order valence-corrected chi connectivity index (χ0v) is 31.3. The molecule has 0 amide bonds. The van der Waals surface area contributed by atoms with Crippen molar-refractivity contribution in [2.45, 2.75) is 5.41 Å². The Kier molecular flexibility index (Phi) is 8.70. The second-order valence-electron chi connectivity index (χ2n) is 14.3. The van der Waals surface area contributed by atoms with Gasteiger partial charge in [0.1, 0.15) is 11.5 Å². The van der Waals surface area contributed by atoms with Crippen molar-refractivity contribution in [1.82, 2.24) is 15.0 Å². The highest BCUT2D eigenvalue weighted by atomic mass is 16.5. The highest BCUT2D eigenvalue weighted by Gasteiger charge is 2.45. The van der Waals surface area contributed by atoms with E-state index in [-0.39, 0.29) is 0 Å². The van der Waals surface area contributed by atoms with Crippen molar-refractivity contribution in [3.8, 4) is 67.9 Å². The predicted octanol–water partition coefficient (Wildman–Crippen LogP) is 13.2. The van der Waals surface area contributed by atoms with Crippen molar-refractivity contribution < 1.29 is 4.74 Å². The Morgan fingerprint density at radius 2 is 0.793 bits per heavy atom. The zero-order valence-electron chi connectivity index (χ0n) is 31.3. The summed E-state index contributed by atoms with van der Waals surface area (Å²) >= 11 is 0. The number of ether oxygens (including phenoxy) is 1. The maximum Gasteiger partial charge on any atom is 0.187 e. The van der Waals surface area contributed by atoms with Gasteiger partial charge in [-0.2, -0.15) is 0 Å². The van der Waals surface area contributed by atoms with Crippen LogP contribution in [-0.2, 0) is 5.41 Å². The predicted molar refractivity (Wildman–Crippen MR) is 232 cm³/mol. The normalized spacial score (nSPS) is 12.4. The Bertz CT molecular complexity index is 2940. The maximum atomic E-state index is 7.38. The fourth-order valence-electron chi connectivity index (χ4n) is 8.14. The van der Waals surface area contributed by atoms with Crippen molar-refractivity contribution in [3.63, 3.8) is 0 Å². The first kappa shape index (κ1) is 34.5. The molecule has 9 aromatic rings. The van der Waals surface area contributed by atoms with Crippen LogP contribution in [0.25, 0.3) is 61.3 Å². The summed E-state index contributed by atoms with van der Waals surface area (Å²) in [6, 6.07) is 70.8. The molecule has 10 rings (SSSR count). The monoisotopic (exact) mass is 742 g/mol. The molecule has 58 heavy (non-hydrogen) atoms. The van der Waals surface area contributed by atoms with Gasteiger partial charge in [-0.05, 0) is 57.6 Å². The molecule has 1 aliphatic heterocycles. The molecule has 5 heteroatoms. The number of fused-ring (bicyclic) bond motifs is 2. The van der Waals surface area contributed by atoms with Crippen LogP contribution in [0.1, 0.15) is 22.3 Å². The van der Waals surface area contributed by atoms with E-state index in [0.29, 0.717) is 23.2 Å². The third-order valence-corrected chi connectivity index (χ3v) is 10.9. The lowest BCUT2D eigenvalue weighted by atomic mass is 9.63. The summed E-state index contributed by atoms with van der Waals surface area (Å²) in [7, 11) is 0. The number of hydrogen-bond acceptors (Lipinski definition) is 4. The number of hydrogen-bond donors (Lipinski definition) is 0. The Balaban J connectivity index is 1.05. The fraction of sp³-hybridized carbons (Fsp3) is 0.0189. The smallest absolute Gasteiger partial charge is 0.187 e. The SMILES string of the molecule is [C-]#[N+]c1ccc(-c2nc(-c3ccccc3)nc(-c3cccc(-c4cccc(-c5ccc6c(c5)Oc5ccccc5C6(c5ccccc5)c5ccccc5)c4)c3)n2)cc1. The molecule has 0 radical (unpaired) electrons. The minimum absolute atomic E-state index is 0.550. The Hall–Kier alpha value is -7.94. The first-order chi connectivity index (χ1) is 28.7. The van der Waals surface area contributed by atoms with E-state index in [0.717, 1.165) is 61.6 Å². The van der Waals surface area contributed by atoms with Crippen molar-refractivity contribution in [2.75, 3.05) is 0 Å². The lowest BCUT2D eigenvalue weighted by Gasteiger charge is -2.41. The van der Waals surface area contributed by atoms with Crippen molar-refractivity contribution >= 4 is 5.69 Å². The van der Waals surface area contributed by atoms with Crippen LogP contribution < -0.4 is 4.74 Å². The molecule has 0 bridgehead atoms. The molecule has 0 atom stereocenters. The van der Waals surface area contributed by atoms with Crippen molar-refractivity contribution in [2.24, 2.45) is 0 Å². The van der Waals surface area contributed by atoms with Crippen LogP contribution in [0.4, 0.5) is 5.69 Å². The molecule has 2 heterocycles. The first-order valence-corrected chi connectivity index (χ1v) is 19.2. The molecule has 8 aromatic carbocycles. The summed E-state index contributed by atoms with van der Waals surface area (Å²) in [5.41, 5.74) is 11.4. The van der Waals surface area contributed by atoms with Gasteiger partial charge in [0.15, 0.2) is 23.2 Å². The summed E-state index contributed by atoms with van der Waals surface area (Å²) < 4.78 is 6.78. The summed E-state index contributed by atoms with van der Waals surface area (Å²) in [6.07, 6.45) is 0. The zero-order chi connectivity index (χ0) is 38.9. The van der Waals surface area contributed by atoms with Crippen LogP contribution in [0, 0.1) is 6.57 Å². The highest BCUT2D eigenvalue weighted by Crippen LogP contribution is 2.55. The molecule has 1 aromatic heterocycles. The van der Waals surface area contributed by atoms with E-state index in [1.807, 2.05) is 60.7 Å². The van der Waals surface area contributed by atoms with Gasteiger partial charge in [0.2, 0.25) is 0 Å². The molecule has 0 saturated carbocycles. The Morgan fingerprint density at radius 1 is 0.362 bits per heavy atom. The van der Waals surface area contributed by atoms with E-state index in [1.165, 1.54) is 11.1 Å². The average molecular weight is 743 g/mol. The minimum Gasteiger partial charge on any atom is -0.457 e. The van der Waals surface area contributed by atoms with Gasteiger partial charge in [-0.25, -0.2) is 19.8 Å². The number of aromatic nitrogens is 3. The number of rotatable bonds is 7. The summed E-state index contributed by atoms with van der Waals surface area (Å²) in [5.74, 6) is 3.39. The van der Waals surface area contributed by atoms with Gasteiger partial charge < -0.3 is 4.74 Å². The molecule has 0 aliphatic carbocycles. The standard InChI is InChI=1S/C53H34N4O/c1-54-45-30-27-37(28-31-45)51-55-50(36-15-5-2-6-16-36)56-52(57-51)42-20-14-19-40(34-42)38-17-13-18-39(33-38)41-29-32-47-49(35-41)58-48-26-12-11-25-46(48)53(47,43-21-7-3-8-22-43)44-23-9-4-10-24-44/h2-35H. The third kappa shape index (κ3) is 6.10. The van der Waals surface area contributed by atoms with Crippen molar-refractivity contribution in [3.05, 3.63) is 240 Å². The fourth-order valence-corrected chi connectivity index (χ4v) is 8.14. The molecule has 0 spiro atoms. The van der Waals surface area contributed by atoms with E-state index in [4.69, 9.17) is 26.3 Å². The highest BCUT2D eigenvalue weighted by molar-refractivity contribution is 5.79. The molecule has 0 saturated heterocycles. The van der Waals surface area contributed by atoms with Crippen LogP contribution in [0.2, 0.25) is 0 Å². The summed E-state index contributed by atoms with van der Waals surface area (Å²) in [5, 5.41) is 0. The van der Waals surface area contributed by atoms with Gasteiger partial charge in [0.05, 0.1) is 12.0 Å². The molecule has 5 nitrogen and oxygen atoms in total. The third-order valence-electron chi connectivity index (χ3n) is 10.9. The van der Waals surface area contributed by atoms with Crippen LogP contribution in [-0.4, -0.2) is 15.0 Å². The van der Waals surface area contributed by atoms with Gasteiger partial charge >= 0.3 is 0 Å². The van der Waals surface area contributed by atoms with E-state index < -0.39 is 5.41 Å². The van der Waals surface area contributed by atoms with Crippen LogP contribution >= 0.6 is 0 Å². The molecular weight excluding hydrogens is 709 g/mol. The second-order valence-corrected chi connectivity index (χ2v) is 14.3. The summed E-state index contributed by atoms with van der Waals surface area (Å²) in [4.78, 5) is 18.3. The lowest BCUT2D eigenvalue weighted by molar-refractivity contribution is 0.435. The van der Waals surface area contributed by atoms with Crippen molar-refractivity contribution in [1.29, 1.82) is 0 Å². The Morgan fingerprint density at radius 3 is 1.40 bits per heavy atom. The number of para-hydroxylation sites is 1. The van der Waals surface area contributed by atoms with Gasteiger partial charge in [-0.3, -0.25) is 0 Å². The van der Waals surface area contributed by atoms with E-state index in [1.54, 1.807) is 12.1 Å². The molecule has 0 N–H and O–H groups in total. The first-order valence-electron chi connectivity index (χ1n) is 19.2. The van der Waals surface area contributed by atoms with E-state index in [2.05, 4.69) is 138 Å². The minimum atomic E-state index is -0.565. The largest absolute Gasteiger partial charge is 0.457 e. The molecular formula is C53H34N4O. The Labute approximate surface area is 337 Å². The molecule has 0 unspecified atom stereocenters.